The Hall–Kier alpha value is -3.94. The Morgan fingerprint density at radius 1 is 0.917 bits per heavy atom. The van der Waals surface area contributed by atoms with E-state index >= 15 is 0 Å². The van der Waals surface area contributed by atoms with E-state index in [1.807, 2.05) is 6.92 Å². The summed E-state index contributed by atoms with van der Waals surface area (Å²) in [6.45, 7) is 2.67. The third-order valence-corrected chi connectivity index (χ3v) is 7.68. The molecule has 2 aromatic carbocycles. The Morgan fingerprint density at radius 3 is 2.28 bits per heavy atom. The monoisotopic (exact) mass is 486 g/mol. The van der Waals surface area contributed by atoms with Gasteiger partial charge in [-0.25, -0.2) is 4.90 Å². The number of imide groups is 1. The Morgan fingerprint density at radius 2 is 1.61 bits per heavy atom. The maximum Gasteiger partial charge on any atom is 0.316 e. The second-order valence-electron chi connectivity index (χ2n) is 9.76. The van der Waals surface area contributed by atoms with Crippen molar-refractivity contribution in [2.75, 3.05) is 23.0 Å². The minimum atomic E-state index is -0.621. The van der Waals surface area contributed by atoms with Crippen LogP contribution in [0, 0.1) is 29.6 Å². The second-order valence-corrected chi connectivity index (χ2v) is 9.76. The fraction of sp³-hybridized carbons (Fsp3) is 0.357. The van der Waals surface area contributed by atoms with Crippen molar-refractivity contribution in [1.29, 1.82) is 0 Å². The fourth-order valence-corrected chi connectivity index (χ4v) is 6.05. The van der Waals surface area contributed by atoms with Crippen LogP contribution < -0.4 is 19.3 Å². The number of allylic oxidation sites excluding steroid dienone is 2. The van der Waals surface area contributed by atoms with Gasteiger partial charge in [0.05, 0.1) is 30.0 Å². The molecule has 2 aliphatic heterocycles. The van der Waals surface area contributed by atoms with Crippen molar-refractivity contribution in [2.24, 2.45) is 29.6 Å². The topological polar surface area (TPSA) is 93.2 Å². The maximum absolute atomic E-state index is 13.1. The Bertz CT molecular complexity index is 1260. The van der Waals surface area contributed by atoms with Crippen LogP contribution in [0.4, 0.5) is 11.4 Å². The van der Waals surface area contributed by atoms with Gasteiger partial charge in [0, 0.05) is 24.7 Å². The molecule has 8 heteroatoms. The molecule has 2 aliphatic carbocycles. The molecule has 36 heavy (non-hydrogen) atoms. The lowest BCUT2D eigenvalue weighted by Gasteiger charge is -2.18. The quantitative estimate of drug-likeness (QED) is 0.269. The molecule has 0 radical (unpaired) electrons. The zero-order valence-electron chi connectivity index (χ0n) is 19.8. The summed E-state index contributed by atoms with van der Waals surface area (Å²) in [6, 6.07) is 13.7. The minimum Gasteiger partial charge on any atom is -0.494 e. The molecule has 1 saturated carbocycles. The highest BCUT2D eigenvalue weighted by molar-refractivity contribution is 6.22. The SMILES string of the molecule is CCOc1ccc(N2CC(C(=O)Oc3cccc(N4C(=O)C5C6C=CC(C6)C5C4=O)c3)CC2=O)cc1. The summed E-state index contributed by atoms with van der Waals surface area (Å²) in [6.07, 6.45) is 5.02. The normalized spacial score (nSPS) is 28.2. The average molecular weight is 487 g/mol. The first-order chi connectivity index (χ1) is 17.4. The van der Waals surface area contributed by atoms with E-state index in [0.717, 1.165) is 6.42 Å². The third-order valence-electron chi connectivity index (χ3n) is 7.68. The molecule has 3 amide bonds. The first-order valence-corrected chi connectivity index (χ1v) is 12.4. The molecular weight excluding hydrogens is 460 g/mol. The Kier molecular flexibility index (Phi) is 5.39. The van der Waals surface area contributed by atoms with Gasteiger partial charge in [-0.1, -0.05) is 18.2 Å². The molecule has 0 aromatic heterocycles. The predicted molar refractivity (Wildman–Crippen MR) is 130 cm³/mol. The predicted octanol–water partition coefficient (Wildman–Crippen LogP) is 3.36. The number of carbonyl (C=O) groups is 4. The summed E-state index contributed by atoms with van der Waals surface area (Å²) in [5.74, 6) is -1.05. The standard InChI is InChI=1S/C28H26N2O6/c1-2-35-21-10-8-19(9-11-21)29-15-18(13-23(29)31)28(34)36-22-5-3-4-20(14-22)30-26(32)24-16-6-7-17(12-16)25(24)27(30)33/h3-11,14,16-18,24-25H,2,12-13,15H2,1H3. The van der Waals surface area contributed by atoms with Crippen LogP contribution in [0.25, 0.3) is 0 Å². The van der Waals surface area contributed by atoms with Crippen LogP contribution >= 0.6 is 0 Å². The zero-order chi connectivity index (χ0) is 25.0. The molecular formula is C28H26N2O6. The molecule has 3 fully saturated rings. The van der Waals surface area contributed by atoms with Gasteiger partial charge < -0.3 is 14.4 Å². The summed E-state index contributed by atoms with van der Waals surface area (Å²) in [4.78, 5) is 54.5. The summed E-state index contributed by atoms with van der Waals surface area (Å²) in [5, 5.41) is 0. The average Bonchev–Trinajstić information content (AvgIpc) is 3.63. The highest BCUT2D eigenvalue weighted by Gasteiger charge is 2.59. The molecule has 2 bridgehead atoms. The van der Waals surface area contributed by atoms with Crippen LogP contribution in [0.5, 0.6) is 11.5 Å². The lowest BCUT2D eigenvalue weighted by atomic mass is 9.85. The van der Waals surface area contributed by atoms with E-state index in [2.05, 4.69) is 12.2 Å². The number of amides is 3. The first-order valence-electron chi connectivity index (χ1n) is 12.4. The number of rotatable bonds is 6. The summed E-state index contributed by atoms with van der Waals surface area (Å²) in [7, 11) is 0. The number of hydrogen-bond donors (Lipinski definition) is 0. The molecule has 2 heterocycles. The van der Waals surface area contributed by atoms with Gasteiger partial charge in [0.25, 0.3) is 0 Å². The molecule has 6 rings (SSSR count). The Balaban J connectivity index is 1.14. The molecule has 0 spiro atoms. The fourth-order valence-electron chi connectivity index (χ4n) is 6.05. The number of hydrogen-bond acceptors (Lipinski definition) is 6. The van der Waals surface area contributed by atoms with Crippen molar-refractivity contribution < 1.29 is 28.7 Å². The van der Waals surface area contributed by atoms with Gasteiger partial charge in [0.2, 0.25) is 17.7 Å². The van der Waals surface area contributed by atoms with Crippen molar-refractivity contribution in [3.63, 3.8) is 0 Å². The van der Waals surface area contributed by atoms with E-state index in [1.165, 1.54) is 4.90 Å². The van der Waals surface area contributed by atoms with Crippen molar-refractivity contribution in [3.8, 4) is 11.5 Å². The van der Waals surface area contributed by atoms with Gasteiger partial charge in [-0.2, -0.15) is 0 Å². The van der Waals surface area contributed by atoms with Crippen LogP contribution in [-0.2, 0) is 19.2 Å². The number of nitrogens with zero attached hydrogens (tertiary/aromatic N) is 2. The van der Waals surface area contributed by atoms with Gasteiger partial charge >= 0.3 is 5.97 Å². The van der Waals surface area contributed by atoms with E-state index in [4.69, 9.17) is 9.47 Å². The van der Waals surface area contributed by atoms with Crippen LogP contribution in [0.3, 0.4) is 0 Å². The van der Waals surface area contributed by atoms with Gasteiger partial charge in [0.1, 0.15) is 11.5 Å². The largest absolute Gasteiger partial charge is 0.494 e. The number of esters is 1. The summed E-state index contributed by atoms with van der Waals surface area (Å²) in [5.41, 5.74) is 1.10. The highest BCUT2D eigenvalue weighted by Crippen LogP contribution is 2.53. The van der Waals surface area contributed by atoms with Crippen molar-refractivity contribution in [2.45, 2.75) is 19.8 Å². The van der Waals surface area contributed by atoms with Crippen LogP contribution in [-0.4, -0.2) is 36.8 Å². The highest BCUT2D eigenvalue weighted by atomic mass is 16.5. The van der Waals surface area contributed by atoms with E-state index in [-0.39, 0.29) is 60.1 Å². The third kappa shape index (κ3) is 3.59. The zero-order valence-corrected chi connectivity index (χ0v) is 19.8. The lowest BCUT2D eigenvalue weighted by molar-refractivity contribution is -0.139. The molecule has 2 saturated heterocycles. The van der Waals surface area contributed by atoms with Gasteiger partial charge in [-0.15, -0.1) is 0 Å². The molecule has 5 unspecified atom stereocenters. The van der Waals surface area contributed by atoms with Crippen molar-refractivity contribution >= 4 is 35.1 Å². The van der Waals surface area contributed by atoms with Crippen LogP contribution in [0.1, 0.15) is 19.8 Å². The van der Waals surface area contributed by atoms with Crippen LogP contribution in [0.15, 0.2) is 60.7 Å². The van der Waals surface area contributed by atoms with E-state index in [1.54, 1.807) is 53.4 Å². The molecule has 4 aliphatic rings. The number of fused-ring (bicyclic) bond motifs is 5. The number of carbonyl (C=O) groups excluding carboxylic acids is 4. The molecule has 184 valence electrons. The summed E-state index contributed by atoms with van der Waals surface area (Å²) < 4.78 is 11.0. The van der Waals surface area contributed by atoms with Crippen LogP contribution in [0.2, 0.25) is 0 Å². The lowest BCUT2D eigenvalue weighted by Crippen LogP contribution is -2.32. The molecule has 0 N–H and O–H groups in total. The number of ether oxygens (including phenoxy) is 2. The van der Waals surface area contributed by atoms with Gasteiger partial charge in [0.15, 0.2) is 0 Å². The number of benzene rings is 2. The smallest absolute Gasteiger partial charge is 0.316 e. The van der Waals surface area contributed by atoms with E-state index in [0.29, 0.717) is 23.7 Å². The maximum atomic E-state index is 13.1. The van der Waals surface area contributed by atoms with Crippen molar-refractivity contribution in [1.82, 2.24) is 0 Å². The van der Waals surface area contributed by atoms with Crippen molar-refractivity contribution in [3.05, 3.63) is 60.7 Å². The molecule has 5 atom stereocenters. The first kappa shape index (κ1) is 22.5. The second kappa shape index (κ2) is 8.62. The Labute approximate surface area is 208 Å². The number of anilines is 2. The molecule has 2 aromatic rings. The van der Waals surface area contributed by atoms with Gasteiger partial charge in [-0.3, -0.25) is 19.2 Å². The van der Waals surface area contributed by atoms with E-state index in [9.17, 15) is 19.2 Å². The van der Waals surface area contributed by atoms with E-state index < -0.39 is 11.9 Å². The molecule has 8 nitrogen and oxygen atoms in total. The summed E-state index contributed by atoms with van der Waals surface area (Å²) >= 11 is 0. The van der Waals surface area contributed by atoms with Gasteiger partial charge in [-0.05, 0) is 61.6 Å². The minimum absolute atomic E-state index is 0.0496.